The van der Waals surface area contributed by atoms with E-state index in [1.807, 2.05) is 42.5 Å². The fourth-order valence-electron chi connectivity index (χ4n) is 2.93. The number of amides is 2. The third kappa shape index (κ3) is 3.96. The molecule has 0 unspecified atom stereocenters. The number of nitrogens with zero attached hydrogens (tertiary/aromatic N) is 1. The first kappa shape index (κ1) is 17.6. The Morgan fingerprint density at radius 3 is 2.57 bits per heavy atom. The summed E-state index contributed by atoms with van der Waals surface area (Å²) in [6.45, 7) is -0.173. The highest BCUT2D eigenvalue weighted by atomic mass is 16.5. The molecule has 0 aromatic heterocycles. The van der Waals surface area contributed by atoms with E-state index in [1.54, 1.807) is 36.4 Å². The van der Waals surface area contributed by atoms with Crippen molar-refractivity contribution >= 4 is 23.2 Å². The molecule has 0 spiro atoms. The van der Waals surface area contributed by atoms with Gasteiger partial charge in [-0.05, 0) is 36.4 Å². The van der Waals surface area contributed by atoms with Gasteiger partial charge in [-0.1, -0.05) is 36.4 Å². The summed E-state index contributed by atoms with van der Waals surface area (Å²) < 4.78 is 11.2. The number of hydrogen-bond donors (Lipinski definition) is 1. The summed E-state index contributed by atoms with van der Waals surface area (Å²) in [5.41, 5.74) is 1.18. The number of nitrogens with one attached hydrogen (secondary N) is 1. The summed E-state index contributed by atoms with van der Waals surface area (Å²) in [5.74, 6) is 1.35. The van der Waals surface area contributed by atoms with Crippen LogP contribution in [0.15, 0.2) is 78.9 Å². The summed E-state index contributed by atoms with van der Waals surface area (Å²) in [6.07, 6.45) is 0. The van der Waals surface area contributed by atoms with Crippen LogP contribution < -0.4 is 19.7 Å². The predicted molar refractivity (Wildman–Crippen MR) is 106 cm³/mol. The van der Waals surface area contributed by atoms with Crippen LogP contribution in [0.3, 0.4) is 0 Å². The Morgan fingerprint density at radius 1 is 0.964 bits per heavy atom. The minimum Gasteiger partial charge on any atom is -0.482 e. The standard InChI is InChI=1S/C22H18N2O4/c25-21(14-24-19-11-4-5-12-20(19)27-15-22(24)26)23-16-7-6-10-18(13-16)28-17-8-2-1-3-9-17/h1-13H,14-15H2,(H,23,25). The molecule has 0 atom stereocenters. The van der Waals surface area contributed by atoms with E-state index < -0.39 is 0 Å². The minimum absolute atomic E-state index is 0.0787. The second-order valence-corrected chi connectivity index (χ2v) is 6.23. The lowest BCUT2D eigenvalue weighted by Crippen LogP contribution is -2.43. The van der Waals surface area contributed by atoms with E-state index in [2.05, 4.69) is 5.32 Å². The summed E-state index contributed by atoms with van der Waals surface area (Å²) >= 11 is 0. The van der Waals surface area contributed by atoms with E-state index in [4.69, 9.17) is 9.47 Å². The summed E-state index contributed by atoms with van der Waals surface area (Å²) in [7, 11) is 0. The molecule has 6 heteroatoms. The van der Waals surface area contributed by atoms with Gasteiger partial charge in [-0.2, -0.15) is 0 Å². The van der Waals surface area contributed by atoms with Gasteiger partial charge in [-0.15, -0.1) is 0 Å². The Morgan fingerprint density at radius 2 is 1.71 bits per heavy atom. The van der Waals surface area contributed by atoms with E-state index in [1.165, 1.54) is 4.90 Å². The third-order valence-corrected chi connectivity index (χ3v) is 4.21. The summed E-state index contributed by atoms with van der Waals surface area (Å²) in [5, 5.41) is 2.81. The second kappa shape index (κ2) is 7.84. The van der Waals surface area contributed by atoms with Gasteiger partial charge in [-0.3, -0.25) is 14.5 Å². The number of carbonyl (C=O) groups is 2. The molecule has 3 aromatic carbocycles. The topological polar surface area (TPSA) is 67.9 Å². The number of fused-ring (bicyclic) bond motifs is 1. The molecule has 1 N–H and O–H groups in total. The fraction of sp³-hybridized carbons (Fsp3) is 0.0909. The molecule has 4 rings (SSSR count). The average molecular weight is 374 g/mol. The van der Waals surface area contributed by atoms with Crippen molar-refractivity contribution < 1.29 is 19.1 Å². The van der Waals surface area contributed by atoms with Crippen LogP contribution in [0.5, 0.6) is 17.2 Å². The van der Waals surface area contributed by atoms with E-state index >= 15 is 0 Å². The van der Waals surface area contributed by atoms with E-state index in [0.717, 1.165) is 0 Å². The van der Waals surface area contributed by atoms with Crippen molar-refractivity contribution in [2.45, 2.75) is 0 Å². The number of benzene rings is 3. The minimum atomic E-state index is -0.304. The van der Waals surface area contributed by atoms with Crippen molar-refractivity contribution in [3.05, 3.63) is 78.9 Å². The maximum Gasteiger partial charge on any atom is 0.265 e. The molecule has 3 aromatic rings. The lowest BCUT2D eigenvalue weighted by molar-refractivity contribution is -0.123. The van der Waals surface area contributed by atoms with Gasteiger partial charge in [0.05, 0.1) is 5.69 Å². The molecule has 0 radical (unpaired) electrons. The number of hydrogen-bond acceptors (Lipinski definition) is 4. The van der Waals surface area contributed by atoms with Gasteiger partial charge in [0, 0.05) is 11.8 Å². The van der Waals surface area contributed by atoms with Crippen LogP contribution in [0.25, 0.3) is 0 Å². The van der Waals surface area contributed by atoms with Crippen LogP contribution in [0.2, 0.25) is 0 Å². The highest BCUT2D eigenvalue weighted by Crippen LogP contribution is 2.31. The largest absolute Gasteiger partial charge is 0.482 e. The van der Waals surface area contributed by atoms with Crippen LogP contribution in [0.1, 0.15) is 0 Å². The zero-order chi connectivity index (χ0) is 19.3. The number of para-hydroxylation sites is 3. The number of anilines is 2. The molecule has 0 aliphatic carbocycles. The Hall–Kier alpha value is -3.80. The third-order valence-electron chi connectivity index (χ3n) is 4.21. The number of ether oxygens (including phenoxy) is 2. The zero-order valence-electron chi connectivity index (χ0n) is 15.0. The Bertz CT molecular complexity index is 1000. The molecular weight excluding hydrogens is 356 g/mol. The Balaban J connectivity index is 1.44. The van der Waals surface area contributed by atoms with Crippen LogP contribution in [-0.4, -0.2) is 25.0 Å². The van der Waals surface area contributed by atoms with E-state index in [0.29, 0.717) is 28.6 Å². The van der Waals surface area contributed by atoms with Crippen LogP contribution in [0.4, 0.5) is 11.4 Å². The van der Waals surface area contributed by atoms with Gasteiger partial charge in [0.1, 0.15) is 23.8 Å². The van der Waals surface area contributed by atoms with Crippen LogP contribution in [0, 0.1) is 0 Å². The first-order valence-corrected chi connectivity index (χ1v) is 8.84. The van der Waals surface area contributed by atoms with Crippen LogP contribution >= 0.6 is 0 Å². The molecule has 1 aliphatic heterocycles. The summed E-state index contributed by atoms with van der Waals surface area (Å²) in [4.78, 5) is 26.2. The fourth-order valence-corrected chi connectivity index (χ4v) is 2.93. The Kier molecular flexibility index (Phi) is 4.93. The highest BCUT2D eigenvalue weighted by molar-refractivity contribution is 6.05. The molecule has 140 valence electrons. The van der Waals surface area contributed by atoms with Gasteiger partial charge in [0.25, 0.3) is 5.91 Å². The van der Waals surface area contributed by atoms with Gasteiger partial charge < -0.3 is 14.8 Å². The van der Waals surface area contributed by atoms with Crippen LogP contribution in [-0.2, 0) is 9.59 Å². The van der Waals surface area contributed by atoms with Crippen molar-refractivity contribution in [1.82, 2.24) is 0 Å². The van der Waals surface area contributed by atoms with Gasteiger partial charge >= 0.3 is 0 Å². The molecule has 2 amide bonds. The Labute approximate surface area is 162 Å². The van der Waals surface area contributed by atoms with Crippen molar-refractivity contribution in [3.63, 3.8) is 0 Å². The zero-order valence-corrected chi connectivity index (χ0v) is 15.0. The SMILES string of the molecule is O=C(CN1C(=O)COc2ccccc21)Nc1cccc(Oc2ccccc2)c1. The van der Waals surface area contributed by atoms with Crippen molar-refractivity contribution in [2.75, 3.05) is 23.4 Å². The maximum absolute atomic E-state index is 12.5. The first-order valence-electron chi connectivity index (χ1n) is 8.84. The summed E-state index contributed by atoms with van der Waals surface area (Å²) in [6, 6.07) is 23.7. The molecule has 28 heavy (non-hydrogen) atoms. The maximum atomic E-state index is 12.5. The lowest BCUT2D eigenvalue weighted by Gasteiger charge is -2.28. The van der Waals surface area contributed by atoms with E-state index in [9.17, 15) is 9.59 Å². The molecule has 0 saturated heterocycles. The molecule has 0 saturated carbocycles. The van der Waals surface area contributed by atoms with Gasteiger partial charge in [-0.25, -0.2) is 0 Å². The van der Waals surface area contributed by atoms with Crippen molar-refractivity contribution in [3.8, 4) is 17.2 Å². The first-order chi connectivity index (χ1) is 13.7. The normalized spacial score (nSPS) is 12.7. The molecule has 1 heterocycles. The predicted octanol–water partition coefficient (Wildman–Crippen LogP) is 3.84. The highest BCUT2D eigenvalue weighted by Gasteiger charge is 2.26. The molecule has 6 nitrogen and oxygen atoms in total. The second-order valence-electron chi connectivity index (χ2n) is 6.23. The number of rotatable bonds is 5. The smallest absolute Gasteiger partial charge is 0.265 e. The van der Waals surface area contributed by atoms with Gasteiger partial charge in [0.2, 0.25) is 5.91 Å². The molecule has 0 fully saturated rings. The lowest BCUT2D eigenvalue weighted by atomic mass is 10.2. The molecular formula is C22H18N2O4. The van der Waals surface area contributed by atoms with Gasteiger partial charge in [0.15, 0.2) is 6.61 Å². The molecule has 1 aliphatic rings. The number of carbonyl (C=O) groups excluding carboxylic acids is 2. The quantitative estimate of drug-likeness (QED) is 0.737. The van der Waals surface area contributed by atoms with Crippen molar-refractivity contribution in [1.29, 1.82) is 0 Å². The monoisotopic (exact) mass is 374 g/mol. The average Bonchev–Trinajstić information content (AvgIpc) is 2.71. The molecule has 0 bridgehead atoms. The van der Waals surface area contributed by atoms with Crippen molar-refractivity contribution in [2.24, 2.45) is 0 Å². The van der Waals surface area contributed by atoms with E-state index in [-0.39, 0.29) is 25.0 Å².